The van der Waals surface area contributed by atoms with Crippen molar-refractivity contribution in [2.24, 2.45) is 0 Å². The molecular formula is C16H26. The van der Waals surface area contributed by atoms with E-state index in [4.69, 9.17) is 0 Å². The fourth-order valence-corrected chi connectivity index (χ4v) is 2.51. The summed E-state index contributed by atoms with van der Waals surface area (Å²) in [7, 11) is 0. The van der Waals surface area contributed by atoms with Crippen LogP contribution < -0.4 is 0 Å². The van der Waals surface area contributed by atoms with Gasteiger partial charge >= 0.3 is 0 Å². The Balaban J connectivity index is 2.47. The molecule has 0 unspecified atom stereocenters. The summed E-state index contributed by atoms with van der Waals surface area (Å²) in [4.78, 5) is 0. The van der Waals surface area contributed by atoms with Crippen LogP contribution in [0.4, 0.5) is 0 Å². The summed E-state index contributed by atoms with van der Waals surface area (Å²) in [5.41, 5.74) is 5.94. The van der Waals surface area contributed by atoms with Crippen molar-refractivity contribution in [1.82, 2.24) is 0 Å². The molecule has 0 heterocycles. The van der Waals surface area contributed by atoms with Crippen molar-refractivity contribution in [2.75, 3.05) is 0 Å². The highest BCUT2D eigenvalue weighted by molar-refractivity contribution is 5.37. The second-order valence-electron chi connectivity index (χ2n) is 5.04. The summed E-state index contributed by atoms with van der Waals surface area (Å²) < 4.78 is 0. The standard InChI is InChI=1S/C16H26/c1-5-6-7-8-9-10-16-14(3)11-13(2)12-15(16)4/h11-12H,5-10H2,1-4H3. The van der Waals surface area contributed by atoms with E-state index in [1.807, 2.05) is 0 Å². The maximum atomic E-state index is 2.31. The third-order valence-electron chi connectivity index (χ3n) is 3.37. The van der Waals surface area contributed by atoms with Crippen LogP contribution in [-0.2, 0) is 6.42 Å². The molecular weight excluding hydrogens is 192 g/mol. The van der Waals surface area contributed by atoms with E-state index in [2.05, 4.69) is 39.8 Å². The molecule has 0 bridgehead atoms. The molecule has 0 atom stereocenters. The quantitative estimate of drug-likeness (QED) is 0.581. The summed E-state index contributed by atoms with van der Waals surface area (Å²) in [6, 6.07) is 4.63. The number of unbranched alkanes of at least 4 members (excludes halogenated alkanes) is 4. The van der Waals surface area contributed by atoms with Gasteiger partial charge in [-0.3, -0.25) is 0 Å². The minimum Gasteiger partial charge on any atom is -0.0654 e. The Labute approximate surface area is 101 Å². The van der Waals surface area contributed by atoms with E-state index in [0.29, 0.717) is 0 Å². The van der Waals surface area contributed by atoms with Crippen molar-refractivity contribution >= 4 is 0 Å². The third kappa shape index (κ3) is 4.00. The van der Waals surface area contributed by atoms with Crippen LogP contribution >= 0.6 is 0 Å². The highest BCUT2D eigenvalue weighted by Crippen LogP contribution is 2.19. The van der Waals surface area contributed by atoms with Gasteiger partial charge in [0.05, 0.1) is 0 Å². The molecule has 1 aromatic carbocycles. The minimum atomic E-state index is 1.27. The molecule has 16 heavy (non-hydrogen) atoms. The first-order valence-electron chi connectivity index (χ1n) is 6.72. The van der Waals surface area contributed by atoms with E-state index in [-0.39, 0.29) is 0 Å². The Kier molecular flexibility index (Phi) is 5.59. The Morgan fingerprint density at radius 3 is 1.94 bits per heavy atom. The Morgan fingerprint density at radius 2 is 1.38 bits per heavy atom. The topological polar surface area (TPSA) is 0 Å². The summed E-state index contributed by atoms with van der Waals surface area (Å²) in [6.45, 7) is 8.96. The molecule has 1 rings (SSSR count). The van der Waals surface area contributed by atoms with Crippen molar-refractivity contribution in [3.63, 3.8) is 0 Å². The van der Waals surface area contributed by atoms with Gasteiger partial charge in [0, 0.05) is 0 Å². The molecule has 0 aliphatic heterocycles. The van der Waals surface area contributed by atoms with Crippen LogP contribution in [0.2, 0.25) is 0 Å². The average Bonchev–Trinajstić information content (AvgIpc) is 2.20. The summed E-state index contributed by atoms with van der Waals surface area (Å²) in [6.07, 6.45) is 8.14. The maximum Gasteiger partial charge on any atom is -0.0274 e. The first-order chi connectivity index (χ1) is 7.65. The summed E-state index contributed by atoms with van der Waals surface area (Å²) in [5, 5.41) is 0. The molecule has 0 spiro atoms. The lowest BCUT2D eigenvalue weighted by molar-refractivity contribution is 0.630. The van der Waals surface area contributed by atoms with Crippen LogP contribution in [0.15, 0.2) is 12.1 Å². The van der Waals surface area contributed by atoms with E-state index in [0.717, 1.165) is 0 Å². The molecule has 0 nitrogen and oxygen atoms in total. The molecule has 0 radical (unpaired) electrons. The van der Waals surface area contributed by atoms with Gasteiger partial charge in [-0.25, -0.2) is 0 Å². The smallest absolute Gasteiger partial charge is 0.0274 e. The third-order valence-corrected chi connectivity index (χ3v) is 3.37. The number of hydrogen-bond acceptors (Lipinski definition) is 0. The van der Waals surface area contributed by atoms with Crippen LogP contribution in [0.5, 0.6) is 0 Å². The Bertz CT molecular complexity index is 300. The van der Waals surface area contributed by atoms with Crippen molar-refractivity contribution in [3.05, 3.63) is 34.4 Å². The molecule has 0 heteroatoms. The van der Waals surface area contributed by atoms with Gasteiger partial charge in [0.1, 0.15) is 0 Å². The van der Waals surface area contributed by atoms with Gasteiger partial charge in [-0.2, -0.15) is 0 Å². The van der Waals surface area contributed by atoms with Gasteiger partial charge in [-0.05, 0) is 50.3 Å². The molecule has 0 saturated carbocycles. The van der Waals surface area contributed by atoms with Crippen LogP contribution in [0, 0.1) is 20.8 Å². The van der Waals surface area contributed by atoms with Crippen LogP contribution in [0.1, 0.15) is 61.3 Å². The van der Waals surface area contributed by atoms with E-state index in [1.54, 1.807) is 5.56 Å². The van der Waals surface area contributed by atoms with Crippen molar-refractivity contribution in [2.45, 2.75) is 66.2 Å². The molecule has 90 valence electrons. The van der Waals surface area contributed by atoms with E-state index >= 15 is 0 Å². The Hall–Kier alpha value is -0.780. The molecule has 0 aliphatic carbocycles. The minimum absolute atomic E-state index is 1.27. The molecule has 0 amide bonds. The lowest BCUT2D eigenvalue weighted by atomic mass is 9.95. The normalized spacial score (nSPS) is 10.8. The predicted molar refractivity (Wildman–Crippen MR) is 73.1 cm³/mol. The first kappa shape index (κ1) is 13.3. The van der Waals surface area contributed by atoms with Crippen molar-refractivity contribution in [1.29, 1.82) is 0 Å². The predicted octanol–water partition coefficient (Wildman–Crippen LogP) is 5.12. The molecule has 0 aromatic heterocycles. The monoisotopic (exact) mass is 218 g/mol. The summed E-state index contributed by atoms with van der Waals surface area (Å²) >= 11 is 0. The van der Waals surface area contributed by atoms with E-state index < -0.39 is 0 Å². The van der Waals surface area contributed by atoms with Gasteiger partial charge in [0.25, 0.3) is 0 Å². The largest absolute Gasteiger partial charge is 0.0654 e. The molecule has 0 aliphatic rings. The molecule has 0 N–H and O–H groups in total. The lowest BCUT2D eigenvalue weighted by Crippen LogP contribution is -1.95. The van der Waals surface area contributed by atoms with Gasteiger partial charge < -0.3 is 0 Å². The number of hydrogen-bond donors (Lipinski definition) is 0. The Morgan fingerprint density at radius 1 is 0.812 bits per heavy atom. The van der Waals surface area contributed by atoms with Gasteiger partial charge in [0.2, 0.25) is 0 Å². The highest BCUT2D eigenvalue weighted by Gasteiger charge is 2.03. The second-order valence-corrected chi connectivity index (χ2v) is 5.04. The number of aryl methyl sites for hydroxylation is 3. The van der Waals surface area contributed by atoms with E-state index in [9.17, 15) is 0 Å². The number of rotatable bonds is 6. The van der Waals surface area contributed by atoms with Crippen LogP contribution in [0.3, 0.4) is 0 Å². The fourth-order valence-electron chi connectivity index (χ4n) is 2.51. The zero-order valence-electron chi connectivity index (χ0n) is 11.4. The van der Waals surface area contributed by atoms with Crippen LogP contribution in [0.25, 0.3) is 0 Å². The van der Waals surface area contributed by atoms with Crippen LogP contribution in [-0.4, -0.2) is 0 Å². The molecule has 0 fully saturated rings. The van der Waals surface area contributed by atoms with Gasteiger partial charge in [0.15, 0.2) is 0 Å². The SMILES string of the molecule is CCCCCCCc1c(C)cc(C)cc1C. The van der Waals surface area contributed by atoms with Crippen molar-refractivity contribution < 1.29 is 0 Å². The lowest BCUT2D eigenvalue weighted by Gasteiger charge is -2.11. The zero-order valence-corrected chi connectivity index (χ0v) is 11.4. The van der Waals surface area contributed by atoms with Crippen molar-refractivity contribution in [3.8, 4) is 0 Å². The number of benzene rings is 1. The second kappa shape index (κ2) is 6.73. The van der Waals surface area contributed by atoms with Gasteiger partial charge in [-0.15, -0.1) is 0 Å². The highest BCUT2D eigenvalue weighted by atomic mass is 14.1. The zero-order chi connectivity index (χ0) is 12.0. The van der Waals surface area contributed by atoms with Gasteiger partial charge in [-0.1, -0.05) is 50.3 Å². The molecule has 1 aromatic rings. The average molecular weight is 218 g/mol. The maximum absolute atomic E-state index is 2.31. The first-order valence-corrected chi connectivity index (χ1v) is 6.72. The fraction of sp³-hybridized carbons (Fsp3) is 0.625. The summed E-state index contributed by atoms with van der Waals surface area (Å²) in [5.74, 6) is 0. The molecule has 0 saturated heterocycles. The van der Waals surface area contributed by atoms with E-state index in [1.165, 1.54) is 55.2 Å².